The van der Waals surface area contributed by atoms with Gasteiger partial charge in [-0.2, -0.15) is 0 Å². The molecule has 2 saturated heterocycles. The van der Waals surface area contributed by atoms with Crippen LogP contribution in [0.1, 0.15) is 26.2 Å². The van der Waals surface area contributed by atoms with Crippen molar-refractivity contribution in [2.75, 3.05) is 39.4 Å². The monoisotopic (exact) mass is 255 g/mol. The highest BCUT2D eigenvalue weighted by atomic mass is 16.5. The third-order valence-electron chi connectivity index (χ3n) is 4.07. The number of hydrogen-bond acceptors (Lipinski definition) is 4. The van der Waals surface area contributed by atoms with Crippen molar-refractivity contribution in [1.82, 2.24) is 9.80 Å². The van der Waals surface area contributed by atoms with E-state index in [2.05, 4.69) is 4.90 Å². The summed E-state index contributed by atoms with van der Waals surface area (Å²) in [4.78, 5) is 16.7. The lowest BCUT2D eigenvalue weighted by atomic mass is 10.1. The van der Waals surface area contributed by atoms with E-state index in [4.69, 9.17) is 10.5 Å². The van der Waals surface area contributed by atoms with Gasteiger partial charge in [-0.3, -0.25) is 9.69 Å². The molecule has 18 heavy (non-hydrogen) atoms. The molecule has 5 nitrogen and oxygen atoms in total. The summed E-state index contributed by atoms with van der Waals surface area (Å²) in [7, 11) is 0. The molecule has 104 valence electrons. The molecule has 0 saturated carbocycles. The number of carbonyl (C=O) groups is 1. The molecule has 2 rings (SSSR count). The summed E-state index contributed by atoms with van der Waals surface area (Å²) in [5.74, 6) is 0.259. The second-order valence-electron chi connectivity index (χ2n) is 5.26. The van der Waals surface area contributed by atoms with Gasteiger partial charge in [0.1, 0.15) is 0 Å². The number of hydrogen-bond donors (Lipinski definition) is 1. The first-order chi connectivity index (χ1) is 8.74. The lowest BCUT2D eigenvalue weighted by molar-refractivity contribution is -0.140. The van der Waals surface area contributed by atoms with Gasteiger partial charge in [-0.25, -0.2) is 0 Å². The molecule has 0 bridgehead atoms. The number of ether oxygens (including phenoxy) is 1. The highest BCUT2D eigenvalue weighted by Gasteiger charge is 2.32. The number of rotatable bonds is 3. The maximum atomic E-state index is 12.5. The molecule has 0 aliphatic carbocycles. The number of morpholine rings is 1. The quantitative estimate of drug-likeness (QED) is 0.774. The zero-order chi connectivity index (χ0) is 13.0. The van der Waals surface area contributed by atoms with Crippen molar-refractivity contribution in [3.05, 3.63) is 0 Å². The third-order valence-corrected chi connectivity index (χ3v) is 4.07. The van der Waals surface area contributed by atoms with Gasteiger partial charge in [0.2, 0.25) is 5.91 Å². The Hall–Kier alpha value is -0.650. The van der Waals surface area contributed by atoms with Crippen LogP contribution in [0.4, 0.5) is 0 Å². The van der Waals surface area contributed by atoms with E-state index < -0.39 is 0 Å². The van der Waals surface area contributed by atoms with Gasteiger partial charge in [0.05, 0.1) is 19.3 Å². The van der Waals surface area contributed by atoms with E-state index >= 15 is 0 Å². The van der Waals surface area contributed by atoms with Gasteiger partial charge in [-0.1, -0.05) is 0 Å². The minimum Gasteiger partial charge on any atom is -0.378 e. The van der Waals surface area contributed by atoms with Crippen molar-refractivity contribution in [2.24, 2.45) is 5.73 Å². The summed E-state index contributed by atoms with van der Waals surface area (Å²) < 4.78 is 5.43. The standard InChI is InChI=1S/C13H25N3O2/c1-11(13(17)15-5-3-2-4-6-15)16-7-8-18-10-12(16)9-14/h11-12H,2-10,14H2,1H3. The zero-order valence-electron chi connectivity index (χ0n) is 11.3. The van der Waals surface area contributed by atoms with Crippen LogP contribution in [0.25, 0.3) is 0 Å². The van der Waals surface area contributed by atoms with E-state index in [9.17, 15) is 4.79 Å². The molecule has 5 heteroatoms. The molecule has 1 amide bonds. The zero-order valence-corrected chi connectivity index (χ0v) is 11.3. The molecular weight excluding hydrogens is 230 g/mol. The average Bonchev–Trinajstić information content (AvgIpc) is 2.46. The largest absolute Gasteiger partial charge is 0.378 e. The van der Waals surface area contributed by atoms with E-state index in [1.165, 1.54) is 6.42 Å². The molecule has 0 aromatic rings. The van der Waals surface area contributed by atoms with Crippen molar-refractivity contribution in [2.45, 2.75) is 38.3 Å². The average molecular weight is 255 g/mol. The second kappa shape index (κ2) is 6.50. The normalized spacial score (nSPS) is 28.1. The number of nitrogens with zero attached hydrogens (tertiary/aromatic N) is 2. The molecule has 2 atom stereocenters. The van der Waals surface area contributed by atoms with E-state index in [0.717, 1.165) is 32.5 Å². The maximum Gasteiger partial charge on any atom is 0.239 e. The smallest absolute Gasteiger partial charge is 0.239 e. The summed E-state index contributed by atoms with van der Waals surface area (Å²) in [5, 5.41) is 0. The highest BCUT2D eigenvalue weighted by Crippen LogP contribution is 2.16. The van der Waals surface area contributed by atoms with Gasteiger partial charge in [0.15, 0.2) is 0 Å². The lowest BCUT2D eigenvalue weighted by Crippen LogP contribution is -2.58. The fourth-order valence-corrected chi connectivity index (χ4v) is 2.90. The molecule has 2 N–H and O–H groups in total. The van der Waals surface area contributed by atoms with Gasteiger partial charge in [-0.15, -0.1) is 0 Å². The van der Waals surface area contributed by atoms with Crippen LogP contribution < -0.4 is 5.73 Å². The number of carbonyl (C=O) groups excluding carboxylic acids is 1. The Balaban J connectivity index is 1.95. The number of nitrogens with two attached hydrogens (primary N) is 1. The predicted molar refractivity (Wildman–Crippen MR) is 70.3 cm³/mol. The number of amides is 1. The topological polar surface area (TPSA) is 58.8 Å². The molecule has 2 heterocycles. The number of likely N-dealkylation sites (tertiary alicyclic amines) is 1. The number of piperidine rings is 1. The highest BCUT2D eigenvalue weighted by molar-refractivity contribution is 5.81. The Morgan fingerprint density at radius 3 is 2.72 bits per heavy atom. The molecule has 2 unspecified atom stereocenters. The Kier molecular flexibility index (Phi) is 4.97. The van der Waals surface area contributed by atoms with Crippen LogP contribution in [0.15, 0.2) is 0 Å². The summed E-state index contributed by atoms with van der Waals surface area (Å²) in [5.41, 5.74) is 5.76. The van der Waals surface area contributed by atoms with Crippen molar-refractivity contribution in [3.63, 3.8) is 0 Å². The Morgan fingerprint density at radius 2 is 2.06 bits per heavy atom. The predicted octanol–water partition coefficient (Wildman–Crippen LogP) is 0.0469. The molecule has 2 aliphatic heterocycles. The SMILES string of the molecule is CC(C(=O)N1CCCCC1)N1CCOCC1CN. The van der Waals surface area contributed by atoms with Gasteiger partial charge >= 0.3 is 0 Å². The van der Waals surface area contributed by atoms with Crippen molar-refractivity contribution >= 4 is 5.91 Å². The third kappa shape index (κ3) is 3.02. The van der Waals surface area contributed by atoms with Crippen molar-refractivity contribution < 1.29 is 9.53 Å². The van der Waals surface area contributed by atoms with Crippen molar-refractivity contribution in [3.8, 4) is 0 Å². The summed E-state index contributed by atoms with van der Waals surface area (Å²) >= 11 is 0. The first-order valence-corrected chi connectivity index (χ1v) is 7.06. The molecule has 0 aromatic heterocycles. The first-order valence-electron chi connectivity index (χ1n) is 7.06. The van der Waals surface area contributed by atoms with Crippen LogP contribution in [0, 0.1) is 0 Å². The summed E-state index contributed by atoms with van der Waals surface area (Å²) in [6.07, 6.45) is 3.53. The van der Waals surface area contributed by atoms with Gasteiger partial charge in [-0.05, 0) is 26.2 Å². The van der Waals surface area contributed by atoms with Crippen LogP contribution >= 0.6 is 0 Å². The van der Waals surface area contributed by atoms with E-state index in [0.29, 0.717) is 19.8 Å². The first kappa shape index (κ1) is 13.8. The van der Waals surface area contributed by atoms with Crippen LogP contribution in [-0.4, -0.2) is 67.2 Å². The van der Waals surface area contributed by atoms with Crippen LogP contribution in [-0.2, 0) is 9.53 Å². The van der Waals surface area contributed by atoms with Gasteiger partial charge < -0.3 is 15.4 Å². The molecule has 2 fully saturated rings. The van der Waals surface area contributed by atoms with E-state index in [1.807, 2.05) is 11.8 Å². The van der Waals surface area contributed by atoms with Gasteiger partial charge in [0, 0.05) is 32.2 Å². The Labute approximate surface area is 109 Å². The van der Waals surface area contributed by atoms with Crippen LogP contribution in [0.5, 0.6) is 0 Å². The molecule has 0 radical (unpaired) electrons. The Morgan fingerprint density at radius 1 is 1.33 bits per heavy atom. The molecule has 0 aromatic carbocycles. The molecular formula is C13H25N3O2. The summed E-state index contributed by atoms with van der Waals surface area (Å²) in [6.45, 7) is 6.55. The minimum absolute atomic E-state index is 0.0689. The molecule has 0 spiro atoms. The minimum atomic E-state index is -0.0689. The Bertz CT molecular complexity index is 279. The fraction of sp³-hybridized carbons (Fsp3) is 0.923. The maximum absolute atomic E-state index is 12.5. The van der Waals surface area contributed by atoms with E-state index in [1.54, 1.807) is 0 Å². The van der Waals surface area contributed by atoms with Crippen LogP contribution in [0.2, 0.25) is 0 Å². The summed E-state index contributed by atoms with van der Waals surface area (Å²) in [6, 6.07) is 0.114. The lowest BCUT2D eigenvalue weighted by Gasteiger charge is -2.40. The molecule has 2 aliphatic rings. The van der Waals surface area contributed by atoms with E-state index in [-0.39, 0.29) is 18.0 Å². The van der Waals surface area contributed by atoms with Gasteiger partial charge in [0.25, 0.3) is 0 Å². The fourth-order valence-electron chi connectivity index (χ4n) is 2.90. The van der Waals surface area contributed by atoms with Crippen LogP contribution in [0.3, 0.4) is 0 Å². The van der Waals surface area contributed by atoms with Crippen molar-refractivity contribution in [1.29, 1.82) is 0 Å². The second-order valence-corrected chi connectivity index (χ2v) is 5.26.